The highest BCUT2D eigenvalue weighted by Crippen LogP contribution is 2.17. The highest BCUT2D eigenvalue weighted by atomic mass is 16.3. The van der Waals surface area contributed by atoms with Gasteiger partial charge in [-0.3, -0.25) is 4.79 Å². The number of hydrogen-bond acceptors (Lipinski definition) is 5. The van der Waals surface area contributed by atoms with Gasteiger partial charge in [-0.25, -0.2) is 0 Å². The Kier molecular flexibility index (Phi) is 52.3. The molecule has 0 aromatic carbocycles. The maximum Gasteiger partial charge on any atom is 0.249 e. The lowest BCUT2D eigenvalue weighted by molar-refractivity contribution is -0.132. The number of carbonyl (C=O) groups is 1. The molecule has 0 aliphatic rings. The van der Waals surface area contributed by atoms with Crippen LogP contribution in [0.2, 0.25) is 0 Å². The quantitative estimate of drug-likeness (QED) is 0.0308. The Balaban J connectivity index is 3.65. The molecule has 6 heteroatoms. The average Bonchev–Trinajstić information content (AvgIpc) is 3.31. The van der Waals surface area contributed by atoms with Crippen LogP contribution in [0.3, 0.4) is 0 Å². The number of allylic oxidation sites excluding steroid dienone is 6. The zero-order valence-electron chi connectivity index (χ0n) is 43.5. The number of amides is 1. The summed E-state index contributed by atoms with van der Waals surface area (Å²) in [4.78, 5) is 12.6. The molecule has 0 bridgehead atoms. The Morgan fingerprint density at radius 2 is 0.646 bits per heavy atom. The minimum atomic E-state index is -1.29. The van der Waals surface area contributed by atoms with Crippen LogP contribution in [0.15, 0.2) is 36.5 Å². The first kappa shape index (κ1) is 63.5. The number of unbranched alkanes of at least 4 members (excludes halogenated alkanes) is 38. The van der Waals surface area contributed by atoms with Crippen LogP contribution in [0, 0.1) is 0 Å². The molecule has 0 aromatic heterocycles. The molecule has 5 N–H and O–H groups in total. The van der Waals surface area contributed by atoms with Gasteiger partial charge in [-0.1, -0.05) is 262 Å². The Morgan fingerprint density at radius 1 is 0.369 bits per heavy atom. The van der Waals surface area contributed by atoms with Gasteiger partial charge in [-0.2, -0.15) is 0 Å². The molecule has 0 aromatic rings. The van der Waals surface area contributed by atoms with Crippen molar-refractivity contribution in [3.8, 4) is 0 Å². The van der Waals surface area contributed by atoms with Crippen molar-refractivity contribution in [2.24, 2.45) is 0 Å². The van der Waals surface area contributed by atoms with Crippen LogP contribution in [0.1, 0.15) is 303 Å². The van der Waals surface area contributed by atoms with Crippen LogP contribution in [0.4, 0.5) is 0 Å². The van der Waals surface area contributed by atoms with Crippen molar-refractivity contribution in [2.45, 2.75) is 327 Å². The summed E-state index contributed by atoms with van der Waals surface area (Å²) in [6.45, 7) is 4.07. The van der Waals surface area contributed by atoms with E-state index in [1.807, 2.05) is 0 Å². The summed E-state index contributed by atoms with van der Waals surface area (Å²) in [5, 5.41) is 43.9. The third kappa shape index (κ3) is 47.4. The number of aliphatic hydroxyl groups excluding tert-OH is 4. The van der Waals surface area contributed by atoms with Crippen LogP contribution in [-0.2, 0) is 4.79 Å². The van der Waals surface area contributed by atoms with Gasteiger partial charge in [-0.05, 0) is 77.0 Å². The fourth-order valence-corrected chi connectivity index (χ4v) is 9.01. The van der Waals surface area contributed by atoms with E-state index in [2.05, 4.69) is 55.6 Å². The molecular weight excluding hydrogens is 803 g/mol. The highest BCUT2D eigenvalue weighted by molar-refractivity contribution is 5.80. The topological polar surface area (TPSA) is 110 Å². The van der Waals surface area contributed by atoms with Gasteiger partial charge in [0.05, 0.1) is 18.8 Å². The Hall–Kier alpha value is -1.47. The van der Waals surface area contributed by atoms with Crippen molar-refractivity contribution in [3.63, 3.8) is 0 Å². The fourth-order valence-electron chi connectivity index (χ4n) is 9.01. The predicted octanol–water partition coefficient (Wildman–Crippen LogP) is 16.8. The zero-order chi connectivity index (χ0) is 47.4. The lowest BCUT2D eigenvalue weighted by Crippen LogP contribution is -2.53. The summed E-state index contributed by atoms with van der Waals surface area (Å²) in [6.07, 6.45) is 66.5. The SMILES string of the molecule is CCCCCCCCCCCCC/C=C/CC/C=C/CCCC(O)C(O)C(CO)NC(=O)C(O)CCCCCCCCCCCCCCC/C=C\CCCCCCCCCCCCCC. The predicted molar refractivity (Wildman–Crippen MR) is 284 cm³/mol. The van der Waals surface area contributed by atoms with Crippen molar-refractivity contribution in [3.05, 3.63) is 36.5 Å². The van der Waals surface area contributed by atoms with Crippen molar-refractivity contribution in [2.75, 3.05) is 6.61 Å². The molecule has 1 amide bonds. The van der Waals surface area contributed by atoms with E-state index < -0.39 is 36.9 Å². The van der Waals surface area contributed by atoms with E-state index in [-0.39, 0.29) is 0 Å². The lowest BCUT2D eigenvalue weighted by Gasteiger charge is -2.27. The molecule has 0 heterocycles. The first-order valence-corrected chi connectivity index (χ1v) is 28.9. The molecule has 0 aliphatic heterocycles. The summed E-state index contributed by atoms with van der Waals surface area (Å²) in [5.74, 6) is -0.594. The average molecular weight is 917 g/mol. The van der Waals surface area contributed by atoms with E-state index in [9.17, 15) is 25.2 Å². The van der Waals surface area contributed by atoms with Crippen molar-refractivity contribution in [1.29, 1.82) is 0 Å². The molecule has 6 nitrogen and oxygen atoms in total. The molecule has 0 saturated carbocycles. The van der Waals surface area contributed by atoms with Crippen molar-refractivity contribution in [1.82, 2.24) is 5.32 Å². The maximum absolute atomic E-state index is 12.6. The lowest BCUT2D eigenvalue weighted by atomic mass is 10.00. The van der Waals surface area contributed by atoms with E-state index in [4.69, 9.17) is 0 Å². The summed E-state index contributed by atoms with van der Waals surface area (Å²) in [7, 11) is 0. The van der Waals surface area contributed by atoms with E-state index in [0.717, 1.165) is 38.5 Å². The van der Waals surface area contributed by atoms with Crippen LogP contribution in [-0.4, -0.2) is 57.3 Å². The van der Waals surface area contributed by atoms with Crippen LogP contribution in [0.25, 0.3) is 0 Å². The monoisotopic (exact) mass is 916 g/mol. The van der Waals surface area contributed by atoms with Gasteiger partial charge in [0, 0.05) is 0 Å². The Morgan fingerprint density at radius 3 is 0.969 bits per heavy atom. The number of nitrogens with one attached hydrogen (secondary N) is 1. The normalized spacial score (nSPS) is 14.0. The molecule has 0 radical (unpaired) electrons. The molecule has 384 valence electrons. The van der Waals surface area contributed by atoms with Crippen molar-refractivity contribution >= 4 is 5.91 Å². The molecule has 65 heavy (non-hydrogen) atoms. The number of aliphatic hydroxyl groups is 4. The molecule has 0 rings (SSSR count). The van der Waals surface area contributed by atoms with Gasteiger partial charge in [0.1, 0.15) is 12.2 Å². The summed E-state index contributed by atoms with van der Waals surface area (Å²) in [6, 6.07) is -1.01. The number of carbonyl (C=O) groups excluding carboxylic acids is 1. The van der Waals surface area contributed by atoms with Crippen LogP contribution < -0.4 is 5.32 Å². The van der Waals surface area contributed by atoms with E-state index in [1.54, 1.807) is 0 Å². The largest absolute Gasteiger partial charge is 0.394 e. The van der Waals surface area contributed by atoms with E-state index in [0.29, 0.717) is 19.3 Å². The van der Waals surface area contributed by atoms with Gasteiger partial charge < -0.3 is 25.7 Å². The highest BCUT2D eigenvalue weighted by Gasteiger charge is 2.28. The van der Waals surface area contributed by atoms with Crippen molar-refractivity contribution < 1.29 is 25.2 Å². The van der Waals surface area contributed by atoms with Gasteiger partial charge in [-0.15, -0.1) is 0 Å². The molecule has 0 aliphatic carbocycles. The molecule has 0 fully saturated rings. The van der Waals surface area contributed by atoms with E-state index >= 15 is 0 Å². The molecule has 0 saturated heterocycles. The first-order valence-electron chi connectivity index (χ1n) is 28.9. The third-order valence-corrected chi connectivity index (χ3v) is 13.6. The second-order valence-corrected chi connectivity index (χ2v) is 20.0. The number of hydrogen-bond donors (Lipinski definition) is 5. The molecular formula is C59H113NO5. The second-order valence-electron chi connectivity index (χ2n) is 20.0. The minimum Gasteiger partial charge on any atom is -0.394 e. The van der Waals surface area contributed by atoms with Gasteiger partial charge in [0.2, 0.25) is 5.91 Å². The summed E-state index contributed by atoms with van der Waals surface area (Å²) >= 11 is 0. The number of rotatable bonds is 53. The molecule has 4 atom stereocenters. The van der Waals surface area contributed by atoms with Crippen LogP contribution >= 0.6 is 0 Å². The van der Waals surface area contributed by atoms with Gasteiger partial charge >= 0.3 is 0 Å². The fraction of sp³-hybridized carbons (Fsp3) is 0.881. The third-order valence-electron chi connectivity index (χ3n) is 13.6. The van der Waals surface area contributed by atoms with Gasteiger partial charge in [0.15, 0.2) is 0 Å². The molecule has 0 spiro atoms. The Labute approximate surface area is 405 Å². The maximum atomic E-state index is 12.6. The Bertz CT molecular complexity index is 1030. The second kappa shape index (κ2) is 53.5. The van der Waals surface area contributed by atoms with Crippen LogP contribution in [0.5, 0.6) is 0 Å². The summed E-state index contributed by atoms with van der Waals surface area (Å²) in [5.41, 5.74) is 0. The zero-order valence-corrected chi connectivity index (χ0v) is 43.5. The smallest absolute Gasteiger partial charge is 0.249 e. The van der Waals surface area contributed by atoms with Gasteiger partial charge in [0.25, 0.3) is 0 Å². The standard InChI is InChI=1S/C59H113NO5/c1-3-5-7-9-11-13-15-17-19-21-23-25-26-27-28-29-30-31-32-33-35-37-39-41-43-45-47-49-51-53-57(63)59(65)60-55(54-61)58(64)56(62)52-50-48-46-44-42-40-38-36-34-24-22-20-18-16-14-12-10-8-6-4-2/h27-28,36,38,44,46,55-58,61-64H,3-26,29-35,37,39-43,45,47-54H2,1-2H3,(H,60,65)/b28-27-,38-36+,46-44+. The first-order chi connectivity index (χ1) is 32.0. The molecule has 4 unspecified atom stereocenters. The minimum absolute atomic E-state index is 0.361. The van der Waals surface area contributed by atoms with E-state index in [1.165, 1.54) is 231 Å². The summed E-state index contributed by atoms with van der Waals surface area (Å²) < 4.78 is 0.